The van der Waals surface area contributed by atoms with E-state index in [-0.39, 0.29) is 11.5 Å². The molecular formula is C14H19N3O3. The Bertz CT molecular complexity index is 469. The van der Waals surface area contributed by atoms with E-state index in [9.17, 15) is 9.59 Å². The molecule has 1 aliphatic rings. The van der Waals surface area contributed by atoms with Gasteiger partial charge in [-0.05, 0) is 37.9 Å². The number of pyridine rings is 1. The number of rotatable bonds is 8. The molecule has 0 aromatic carbocycles. The molecule has 6 heteroatoms. The Morgan fingerprint density at radius 2 is 2.15 bits per heavy atom. The molecular weight excluding hydrogens is 258 g/mol. The van der Waals surface area contributed by atoms with Crippen LogP contribution in [0.4, 0.5) is 0 Å². The molecule has 108 valence electrons. The lowest BCUT2D eigenvalue weighted by molar-refractivity contribution is -0.121. The Morgan fingerprint density at radius 1 is 1.35 bits per heavy atom. The van der Waals surface area contributed by atoms with Crippen LogP contribution in [0.1, 0.15) is 41.7 Å². The smallest absolute Gasteiger partial charge is 0.337 e. The summed E-state index contributed by atoms with van der Waals surface area (Å²) in [4.78, 5) is 26.1. The molecule has 0 atom stereocenters. The fourth-order valence-corrected chi connectivity index (χ4v) is 1.77. The molecule has 0 bridgehead atoms. The molecule has 3 N–H and O–H groups in total. The molecule has 20 heavy (non-hydrogen) atoms. The largest absolute Gasteiger partial charge is 0.478 e. The minimum Gasteiger partial charge on any atom is -0.478 e. The third-order valence-electron chi connectivity index (χ3n) is 3.08. The Hall–Kier alpha value is -1.95. The van der Waals surface area contributed by atoms with Gasteiger partial charge in [0.15, 0.2) is 0 Å². The van der Waals surface area contributed by atoms with Gasteiger partial charge < -0.3 is 15.7 Å². The van der Waals surface area contributed by atoms with Crippen molar-refractivity contribution in [3.05, 3.63) is 29.6 Å². The zero-order chi connectivity index (χ0) is 14.4. The summed E-state index contributed by atoms with van der Waals surface area (Å²) in [7, 11) is 0. The number of amides is 1. The molecule has 1 aromatic rings. The zero-order valence-electron chi connectivity index (χ0n) is 11.3. The van der Waals surface area contributed by atoms with Crippen molar-refractivity contribution in [2.24, 2.45) is 0 Å². The Labute approximate surface area is 117 Å². The predicted octanol–water partition coefficient (Wildman–Crippen LogP) is 0.928. The van der Waals surface area contributed by atoms with Gasteiger partial charge in [0.2, 0.25) is 5.91 Å². The Balaban J connectivity index is 1.58. The van der Waals surface area contributed by atoms with E-state index >= 15 is 0 Å². The minimum atomic E-state index is -0.973. The molecule has 0 saturated heterocycles. The molecule has 1 amide bonds. The number of carbonyl (C=O) groups is 2. The van der Waals surface area contributed by atoms with E-state index < -0.39 is 5.97 Å². The van der Waals surface area contributed by atoms with Crippen LogP contribution in [0, 0.1) is 0 Å². The van der Waals surface area contributed by atoms with E-state index in [1.807, 2.05) is 0 Å². The number of carboxylic acids is 1. The molecule has 2 rings (SSSR count). The lowest BCUT2D eigenvalue weighted by Crippen LogP contribution is -2.26. The minimum absolute atomic E-state index is 0.123. The first-order valence-electron chi connectivity index (χ1n) is 6.83. The molecule has 1 saturated carbocycles. The number of hydrogen-bond donors (Lipinski definition) is 3. The lowest BCUT2D eigenvalue weighted by atomic mass is 10.2. The van der Waals surface area contributed by atoms with Crippen LogP contribution >= 0.6 is 0 Å². The van der Waals surface area contributed by atoms with Gasteiger partial charge in [-0.3, -0.25) is 9.78 Å². The number of carboxylic acid groups (broad SMARTS) is 1. The lowest BCUT2D eigenvalue weighted by Gasteiger charge is -2.05. The van der Waals surface area contributed by atoms with Gasteiger partial charge >= 0.3 is 5.97 Å². The van der Waals surface area contributed by atoms with Gasteiger partial charge in [0.1, 0.15) is 0 Å². The molecule has 1 aliphatic carbocycles. The van der Waals surface area contributed by atoms with Crippen molar-refractivity contribution in [2.45, 2.75) is 38.3 Å². The first kappa shape index (κ1) is 14.5. The van der Waals surface area contributed by atoms with Crippen LogP contribution in [0.25, 0.3) is 0 Å². The fourth-order valence-electron chi connectivity index (χ4n) is 1.77. The summed E-state index contributed by atoms with van der Waals surface area (Å²) >= 11 is 0. The van der Waals surface area contributed by atoms with Crippen molar-refractivity contribution in [1.82, 2.24) is 15.6 Å². The van der Waals surface area contributed by atoms with Crippen LogP contribution in [-0.2, 0) is 11.3 Å². The Morgan fingerprint density at radius 3 is 2.75 bits per heavy atom. The van der Waals surface area contributed by atoms with Crippen molar-refractivity contribution in [3.8, 4) is 0 Å². The van der Waals surface area contributed by atoms with E-state index in [1.165, 1.54) is 12.3 Å². The van der Waals surface area contributed by atoms with E-state index in [0.29, 0.717) is 19.0 Å². The number of aromatic carboxylic acids is 1. The molecule has 0 unspecified atom stereocenters. The van der Waals surface area contributed by atoms with Crippen LogP contribution in [-0.4, -0.2) is 34.6 Å². The molecule has 1 aromatic heterocycles. The molecule has 0 aliphatic heterocycles. The summed E-state index contributed by atoms with van der Waals surface area (Å²) in [6, 6.07) is 3.65. The van der Waals surface area contributed by atoms with Crippen LogP contribution < -0.4 is 10.6 Å². The van der Waals surface area contributed by atoms with Crippen LogP contribution in [0.2, 0.25) is 0 Å². The van der Waals surface area contributed by atoms with Gasteiger partial charge in [0.25, 0.3) is 0 Å². The maximum atomic E-state index is 11.4. The zero-order valence-corrected chi connectivity index (χ0v) is 11.3. The van der Waals surface area contributed by atoms with Gasteiger partial charge in [-0.25, -0.2) is 4.79 Å². The summed E-state index contributed by atoms with van der Waals surface area (Å²) in [5.74, 6) is -0.850. The number of hydrogen-bond acceptors (Lipinski definition) is 4. The monoisotopic (exact) mass is 277 g/mol. The predicted molar refractivity (Wildman–Crippen MR) is 73.3 cm³/mol. The highest BCUT2D eigenvalue weighted by Gasteiger charge is 2.22. The second kappa shape index (κ2) is 7.00. The SMILES string of the molecule is O=C(CCCNCc1ccc(C(=O)O)cn1)NC1CC1. The van der Waals surface area contributed by atoms with Gasteiger partial charge in [0, 0.05) is 25.2 Å². The Kier molecular flexibility index (Phi) is 5.06. The molecule has 0 radical (unpaired) electrons. The van der Waals surface area contributed by atoms with Crippen LogP contribution in [0.15, 0.2) is 18.3 Å². The summed E-state index contributed by atoms with van der Waals surface area (Å²) in [6.45, 7) is 1.31. The summed E-state index contributed by atoms with van der Waals surface area (Å²) in [5.41, 5.74) is 0.975. The summed E-state index contributed by atoms with van der Waals surface area (Å²) in [6.07, 6.45) is 4.90. The average molecular weight is 277 g/mol. The molecule has 1 fully saturated rings. The first-order chi connectivity index (χ1) is 9.65. The topological polar surface area (TPSA) is 91.3 Å². The average Bonchev–Trinajstić information content (AvgIpc) is 3.22. The number of nitrogens with zero attached hydrogens (tertiary/aromatic N) is 1. The van der Waals surface area contributed by atoms with Gasteiger partial charge in [-0.15, -0.1) is 0 Å². The first-order valence-corrected chi connectivity index (χ1v) is 6.83. The summed E-state index contributed by atoms with van der Waals surface area (Å²) < 4.78 is 0. The summed E-state index contributed by atoms with van der Waals surface area (Å²) in [5, 5.41) is 14.9. The van der Waals surface area contributed by atoms with Crippen molar-refractivity contribution in [1.29, 1.82) is 0 Å². The van der Waals surface area contributed by atoms with E-state index in [2.05, 4.69) is 15.6 Å². The van der Waals surface area contributed by atoms with Gasteiger partial charge in [-0.2, -0.15) is 0 Å². The number of aromatic nitrogens is 1. The maximum Gasteiger partial charge on any atom is 0.337 e. The second-order valence-corrected chi connectivity index (χ2v) is 4.97. The molecule has 6 nitrogen and oxygen atoms in total. The van der Waals surface area contributed by atoms with Gasteiger partial charge in [0.05, 0.1) is 11.3 Å². The highest BCUT2D eigenvalue weighted by molar-refractivity contribution is 5.87. The van der Waals surface area contributed by atoms with Gasteiger partial charge in [-0.1, -0.05) is 0 Å². The normalized spacial score (nSPS) is 14.0. The maximum absolute atomic E-state index is 11.4. The fraction of sp³-hybridized carbons (Fsp3) is 0.500. The van der Waals surface area contributed by atoms with Crippen molar-refractivity contribution >= 4 is 11.9 Å². The van der Waals surface area contributed by atoms with Crippen molar-refractivity contribution in [3.63, 3.8) is 0 Å². The van der Waals surface area contributed by atoms with Crippen molar-refractivity contribution in [2.75, 3.05) is 6.54 Å². The van der Waals surface area contributed by atoms with Crippen LogP contribution in [0.3, 0.4) is 0 Å². The number of carbonyl (C=O) groups excluding carboxylic acids is 1. The highest BCUT2D eigenvalue weighted by Crippen LogP contribution is 2.18. The number of nitrogens with one attached hydrogen (secondary N) is 2. The third kappa shape index (κ3) is 4.97. The second-order valence-electron chi connectivity index (χ2n) is 4.97. The highest BCUT2D eigenvalue weighted by atomic mass is 16.4. The molecule has 1 heterocycles. The molecule has 0 spiro atoms. The standard InChI is InChI=1S/C14H19N3O3/c18-13(17-11-5-6-11)2-1-7-15-9-12-4-3-10(8-16-12)14(19)20/h3-4,8,11,15H,1-2,5-7,9H2,(H,17,18)(H,19,20). The van der Waals surface area contributed by atoms with Crippen LogP contribution in [0.5, 0.6) is 0 Å². The quantitative estimate of drug-likeness (QED) is 0.615. The third-order valence-corrected chi connectivity index (χ3v) is 3.08. The van der Waals surface area contributed by atoms with E-state index in [1.54, 1.807) is 6.07 Å². The van der Waals surface area contributed by atoms with E-state index in [0.717, 1.165) is 31.5 Å². The van der Waals surface area contributed by atoms with Crippen molar-refractivity contribution < 1.29 is 14.7 Å². The van der Waals surface area contributed by atoms with E-state index in [4.69, 9.17) is 5.11 Å².